The summed E-state index contributed by atoms with van der Waals surface area (Å²) in [5.74, 6) is -3.78. The van der Waals surface area contributed by atoms with Crippen LogP contribution in [-0.4, -0.2) is 63.4 Å². The smallest absolute Gasteiger partial charge is 0.338 e. The van der Waals surface area contributed by atoms with Crippen LogP contribution in [0.2, 0.25) is 0 Å². The predicted molar refractivity (Wildman–Crippen MR) is 117 cm³/mol. The lowest BCUT2D eigenvalue weighted by Crippen LogP contribution is -2.61. The van der Waals surface area contributed by atoms with Crippen molar-refractivity contribution in [1.29, 1.82) is 5.26 Å². The summed E-state index contributed by atoms with van der Waals surface area (Å²) in [5.41, 5.74) is -0.671. The van der Waals surface area contributed by atoms with Crippen LogP contribution >= 0.6 is 0 Å². The van der Waals surface area contributed by atoms with E-state index in [1.54, 1.807) is 0 Å². The Balaban J connectivity index is 1.83. The fourth-order valence-corrected chi connectivity index (χ4v) is 4.90. The Morgan fingerprint density at radius 1 is 1.20 bits per heavy atom. The maximum absolute atomic E-state index is 13.5. The zero-order valence-electron chi connectivity index (χ0n) is 20.2. The normalized spacial score (nSPS) is 24.5. The summed E-state index contributed by atoms with van der Waals surface area (Å²) in [6.45, 7) is 8.70. The number of piperidine rings is 1. The van der Waals surface area contributed by atoms with E-state index in [0.717, 1.165) is 0 Å². The summed E-state index contributed by atoms with van der Waals surface area (Å²) in [5, 5.41) is 14.0. The molecule has 2 fully saturated rings. The molecule has 1 aliphatic heterocycles. The number of halogens is 3. The molecule has 5 atom stereocenters. The Morgan fingerprint density at radius 2 is 1.80 bits per heavy atom. The van der Waals surface area contributed by atoms with Crippen molar-refractivity contribution in [2.75, 3.05) is 6.54 Å². The van der Waals surface area contributed by atoms with Crippen LogP contribution in [0.1, 0.15) is 40.2 Å². The summed E-state index contributed by atoms with van der Waals surface area (Å²) in [7, 11) is 0. The standard InChI is InChI=1S/C23H29F3N6O3/c1-21(2,3)17(31-20(35)23(24,25)26)19(34)32-10-14-15(22(14,4)5)16(32)18(33)30-13(7-27)6-12-8-28-11-29-9-12/h8-9,11,13-17H,6,10H2,1-5H3,(H,30,33)(H,31,35)/t13-,14-,15?,16-,17+/m0/s1. The number of aromatic nitrogens is 2. The third kappa shape index (κ3) is 5.39. The highest BCUT2D eigenvalue weighted by Crippen LogP contribution is 2.65. The molecule has 0 bridgehead atoms. The first kappa shape index (κ1) is 26.4. The number of nitrogens with zero attached hydrogens (tertiary/aromatic N) is 4. The van der Waals surface area contributed by atoms with E-state index in [1.165, 1.54) is 44.4 Å². The highest BCUT2D eigenvalue weighted by Gasteiger charge is 2.70. The van der Waals surface area contributed by atoms with Gasteiger partial charge in [0.25, 0.3) is 0 Å². The number of carbonyl (C=O) groups is 3. The van der Waals surface area contributed by atoms with Crippen molar-refractivity contribution >= 4 is 17.7 Å². The molecule has 2 heterocycles. The van der Waals surface area contributed by atoms with Crippen molar-refractivity contribution in [2.24, 2.45) is 22.7 Å². The molecule has 0 radical (unpaired) electrons. The minimum Gasteiger partial charge on any atom is -0.338 e. The van der Waals surface area contributed by atoms with Crippen molar-refractivity contribution < 1.29 is 27.6 Å². The highest BCUT2D eigenvalue weighted by molar-refractivity contribution is 5.95. The van der Waals surface area contributed by atoms with E-state index in [9.17, 15) is 32.8 Å². The van der Waals surface area contributed by atoms with Gasteiger partial charge in [0.15, 0.2) is 0 Å². The molecule has 1 saturated carbocycles. The zero-order chi connectivity index (χ0) is 26.3. The lowest BCUT2D eigenvalue weighted by molar-refractivity contribution is -0.176. The third-order valence-electron chi connectivity index (χ3n) is 6.93. The van der Waals surface area contributed by atoms with Gasteiger partial charge >= 0.3 is 12.1 Å². The first-order valence-electron chi connectivity index (χ1n) is 11.2. The van der Waals surface area contributed by atoms with Crippen LogP contribution in [0.3, 0.4) is 0 Å². The SMILES string of the molecule is CC(C)(C)[C@H](NC(=O)C(F)(F)F)C(=O)N1C[C@H]2C([C@H]1C(=O)N[C@H](C#N)Cc1cncnc1)C2(C)C. The van der Waals surface area contributed by atoms with E-state index in [1.807, 2.05) is 25.2 Å². The molecule has 1 aliphatic carbocycles. The predicted octanol–water partition coefficient (Wildman–Crippen LogP) is 1.60. The van der Waals surface area contributed by atoms with Gasteiger partial charge in [-0.05, 0) is 28.2 Å². The number of nitriles is 1. The highest BCUT2D eigenvalue weighted by atomic mass is 19.4. The number of alkyl halides is 3. The molecule has 1 aromatic rings. The first-order valence-corrected chi connectivity index (χ1v) is 11.2. The molecule has 1 aromatic heterocycles. The van der Waals surface area contributed by atoms with Crippen LogP contribution in [0, 0.1) is 34.0 Å². The molecule has 2 N–H and O–H groups in total. The molecule has 0 aromatic carbocycles. The van der Waals surface area contributed by atoms with E-state index in [-0.39, 0.29) is 30.2 Å². The average molecular weight is 495 g/mol. The van der Waals surface area contributed by atoms with Crippen LogP contribution in [0.4, 0.5) is 13.2 Å². The van der Waals surface area contributed by atoms with E-state index in [4.69, 9.17) is 0 Å². The fraction of sp³-hybridized carbons (Fsp3) is 0.652. The number of nitrogens with one attached hydrogen (secondary N) is 2. The second-order valence-electron chi connectivity index (χ2n) is 10.8. The lowest BCUT2D eigenvalue weighted by atomic mass is 9.85. The summed E-state index contributed by atoms with van der Waals surface area (Å²) >= 11 is 0. The van der Waals surface area contributed by atoms with Gasteiger partial charge in [-0.1, -0.05) is 34.6 Å². The molecule has 1 unspecified atom stereocenters. The maximum Gasteiger partial charge on any atom is 0.471 e. The Labute approximate surface area is 201 Å². The molecule has 2 aliphatic rings. The van der Waals surface area contributed by atoms with Crippen molar-refractivity contribution in [3.63, 3.8) is 0 Å². The zero-order valence-corrected chi connectivity index (χ0v) is 20.2. The van der Waals surface area contributed by atoms with Crippen LogP contribution in [-0.2, 0) is 20.8 Å². The summed E-state index contributed by atoms with van der Waals surface area (Å²) in [6, 6.07) is -1.38. The third-order valence-corrected chi connectivity index (χ3v) is 6.93. The molecule has 0 spiro atoms. The van der Waals surface area contributed by atoms with Gasteiger partial charge in [0, 0.05) is 25.4 Å². The minimum absolute atomic E-state index is 0.0239. The molecule has 3 amide bonds. The summed E-state index contributed by atoms with van der Waals surface area (Å²) in [4.78, 5) is 47.5. The second kappa shape index (κ2) is 9.09. The van der Waals surface area contributed by atoms with Gasteiger partial charge in [0.2, 0.25) is 11.8 Å². The molecule has 9 nitrogen and oxygen atoms in total. The largest absolute Gasteiger partial charge is 0.471 e. The van der Waals surface area contributed by atoms with Gasteiger partial charge in [-0.3, -0.25) is 14.4 Å². The van der Waals surface area contributed by atoms with Crippen LogP contribution in [0.5, 0.6) is 0 Å². The first-order chi connectivity index (χ1) is 16.1. The van der Waals surface area contributed by atoms with E-state index in [2.05, 4.69) is 15.3 Å². The maximum atomic E-state index is 13.5. The number of hydrogen-bond acceptors (Lipinski definition) is 6. The quantitative estimate of drug-likeness (QED) is 0.618. The number of fused-ring (bicyclic) bond motifs is 1. The summed E-state index contributed by atoms with van der Waals surface area (Å²) < 4.78 is 38.8. The Bertz CT molecular complexity index is 1030. The van der Waals surface area contributed by atoms with Gasteiger partial charge in [-0.2, -0.15) is 18.4 Å². The molecule has 35 heavy (non-hydrogen) atoms. The van der Waals surface area contributed by atoms with Gasteiger partial charge in [0.05, 0.1) is 6.07 Å². The molecule has 3 rings (SSSR count). The van der Waals surface area contributed by atoms with E-state index >= 15 is 0 Å². The van der Waals surface area contributed by atoms with Gasteiger partial charge < -0.3 is 15.5 Å². The monoisotopic (exact) mass is 494 g/mol. The molecular weight excluding hydrogens is 465 g/mol. The summed E-state index contributed by atoms with van der Waals surface area (Å²) in [6.07, 6.45) is -0.632. The van der Waals surface area contributed by atoms with Crippen molar-refractivity contribution in [2.45, 2.75) is 65.3 Å². The van der Waals surface area contributed by atoms with Gasteiger partial charge in [-0.15, -0.1) is 0 Å². The van der Waals surface area contributed by atoms with E-state index in [0.29, 0.717) is 5.56 Å². The minimum atomic E-state index is -5.16. The van der Waals surface area contributed by atoms with Crippen molar-refractivity contribution in [1.82, 2.24) is 25.5 Å². The van der Waals surface area contributed by atoms with Gasteiger partial charge in [-0.25, -0.2) is 9.97 Å². The number of likely N-dealkylation sites (tertiary alicyclic amines) is 1. The van der Waals surface area contributed by atoms with Crippen LogP contribution in [0.15, 0.2) is 18.7 Å². The number of amides is 3. The van der Waals surface area contributed by atoms with Crippen molar-refractivity contribution in [3.05, 3.63) is 24.3 Å². The van der Waals surface area contributed by atoms with E-state index < -0.39 is 47.4 Å². The van der Waals surface area contributed by atoms with Crippen LogP contribution < -0.4 is 10.6 Å². The Morgan fingerprint density at radius 3 is 2.31 bits per heavy atom. The second-order valence-corrected chi connectivity index (χ2v) is 10.8. The molecule has 1 saturated heterocycles. The Kier molecular flexibility index (Phi) is 6.85. The number of hydrogen-bond donors (Lipinski definition) is 2. The lowest BCUT2D eigenvalue weighted by Gasteiger charge is -2.37. The molecule has 190 valence electrons. The topological polar surface area (TPSA) is 128 Å². The molecular formula is C23H29F3N6O3. The van der Waals surface area contributed by atoms with Crippen molar-refractivity contribution in [3.8, 4) is 6.07 Å². The van der Waals surface area contributed by atoms with Crippen LogP contribution in [0.25, 0.3) is 0 Å². The van der Waals surface area contributed by atoms with Gasteiger partial charge in [0.1, 0.15) is 24.5 Å². The number of carbonyl (C=O) groups excluding carboxylic acids is 3. The fourth-order valence-electron chi connectivity index (χ4n) is 4.90. The average Bonchev–Trinajstić information content (AvgIpc) is 3.10. The molecule has 12 heteroatoms. The number of rotatable bonds is 6. The Hall–Kier alpha value is -3.23.